The average Bonchev–Trinajstić information content (AvgIpc) is 2.14. The molecule has 0 atom stereocenters. The summed E-state index contributed by atoms with van der Waals surface area (Å²) in [4.78, 5) is 10.8. The van der Waals surface area contributed by atoms with Crippen LogP contribution in [0.5, 0.6) is 0 Å². The van der Waals surface area contributed by atoms with Crippen LogP contribution in [0.25, 0.3) is 0 Å². The molecule has 0 rings (SSSR count). The van der Waals surface area contributed by atoms with Gasteiger partial charge in [-0.2, -0.15) is 0 Å². The zero-order valence-electron chi connectivity index (χ0n) is 9.52. The summed E-state index contributed by atoms with van der Waals surface area (Å²) in [6.45, 7) is 10.8. The summed E-state index contributed by atoms with van der Waals surface area (Å²) < 4.78 is 4.84. The maximum Gasteiger partial charge on any atom is 0.319 e. The first kappa shape index (κ1) is 14.9. The van der Waals surface area contributed by atoms with Crippen LogP contribution in [0.15, 0.2) is 0 Å². The van der Waals surface area contributed by atoms with Crippen LogP contribution in [0.4, 0.5) is 0 Å². The second kappa shape index (κ2) is 11.4. The van der Waals surface area contributed by atoms with Crippen molar-refractivity contribution in [2.24, 2.45) is 0 Å². The number of rotatable bonds is 5. The Bertz CT molecular complexity index is 113. The first-order valence-electron chi connectivity index (χ1n) is 5.05. The van der Waals surface area contributed by atoms with Crippen LogP contribution in [0.3, 0.4) is 0 Å². The summed E-state index contributed by atoms with van der Waals surface area (Å²) in [6.07, 6.45) is 0.882. The third kappa shape index (κ3) is 14.3. The van der Waals surface area contributed by atoms with Gasteiger partial charge >= 0.3 is 5.97 Å². The van der Waals surface area contributed by atoms with Gasteiger partial charge < -0.3 is 10.1 Å². The van der Waals surface area contributed by atoms with Crippen LogP contribution in [0, 0.1) is 0 Å². The van der Waals surface area contributed by atoms with Crippen LogP contribution in [0.2, 0.25) is 0 Å². The number of hydrogen-bond acceptors (Lipinski definition) is 3. The van der Waals surface area contributed by atoms with Gasteiger partial charge in [-0.25, -0.2) is 0 Å². The summed E-state index contributed by atoms with van der Waals surface area (Å²) >= 11 is 0. The maximum atomic E-state index is 10.8. The average molecular weight is 189 g/mol. The lowest BCUT2D eigenvalue weighted by Crippen LogP contribution is -2.30. The van der Waals surface area contributed by atoms with Crippen molar-refractivity contribution in [3.8, 4) is 0 Å². The molecule has 13 heavy (non-hydrogen) atoms. The van der Waals surface area contributed by atoms with E-state index in [1.54, 1.807) is 0 Å². The quantitative estimate of drug-likeness (QED) is 0.672. The highest BCUT2D eigenvalue weighted by atomic mass is 16.5. The first-order chi connectivity index (χ1) is 6.16. The minimum atomic E-state index is -0.166. The fourth-order valence-electron chi connectivity index (χ4n) is 0.554. The van der Waals surface area contributed by atoms with E-state index in [9.17, 15) is 4.79 Å². The molecule has 3 nitrogen and oxygen atoms in total. The molecule has 1 N–H and O–H groups in total. The van der Waals surface area contributed by atoms with Crippen LogP contribution in [0.1, 0.15) is 41.0 Å². The Morgan fingerprint density at radius 3 is 2.31 bits per heavy atom. The van der Waals surface area contributed by atoms with Crippen LogP contribution in [-0.2, 0) is 9.53 Å². The van der Waals surface area contributed by atoms with E-state index in [0.717, 1.165) is 6.42 Å². The Morgan fingerprint density at radius 2 is 1.92 bits per heavy atom. The molecule has 0 saturated heterocycles. The number of ether oxygens (including phenoxy) is 1. The molecule has 0 aromatic heterocycles. The van der Waals surface area contributed by atoms with Crippen molar-refractivity contribution < 1.29 is 9.53 Å². The maximum absolute atomic E-state index is 10.8. The molecule has 3 heteroatoms. The van der Waals surface area contributed by atoms with Gasteiger partial charge in [0.05, 0.1) is 13.2 Å². The highest BCUT2D eigenvalue weighted by Gasteiger charge is 2.01. The second-order valence-electron chi connectivity index (χ2n) is 2.76. The van der Waals surface area contributed by atoms with Gasteiger partial charge in [0.2, 0.25) is 0 Å². The minimum absolute atomic E-state index is 0.166. The molecule has 0 spiro atoms. The number of carbonyl (C=O) groups is 1. The number of hydrogen-bond donors (Lipinski definition) is 1. The van der Waals surface area contributed by atoms with Gasteiger partial charge in [-0.3, -0.25) is 4.79 Å². The van der Waals surface area contributed by atoms with E-state index in [2.05, 4.69) is 5.32 Å². The van der Waals surface area contributed by atoms with E-state index < -0.39 is 0 Å². The second-order valence-corrected chi connectivity index (χ2v) is 2.76. The Morgan fingerprint density at radius 1 is 1.38 bits per heavy atom. The molecule has 0 aliphatic heterocycles. The van der Waals surface area contributed by atoms with Crippen molar-refractivity contribution in [3.63, 3.8) is 0 Å². The fourth-order valence-corrected chi connectivity index (χ4v) is 0.554. The van der Waals surface area contributed by atoms with Crippen LogP contribution < -0.4 is 5.32 Å². The predicted octanol–water partition coefficient (Wildman–Crippen LogP) is 1.96. The Hall–Kier alpha value is -0.570. The molecule has 0 aromatic rings. The Balaban J connectivity index is 0. The van der Waals surface area contributed by atoms with Crippen molar-refractivity contribution in [2.45, 2.75) is 47.1 Å². The van der Waals surface area contributed by atoms with Crippen molar-refractivity contribution in [1.82, 2.24) is 5.32 Å². The Labute approximate surface area is 81.9 Å². The lowest BCUT2D eigenvalue weighted by molar-refractivity contribution is -0.142. The lowest BCUT2D eigenvalue weighted by atomic mass is 10.4. The van der Waals surface area contributed by atoms with E-state index in [0.29, 0.717) is 19.2 Å². The van der Waals surface area contributed by atoms with E-state index in [-0.39, 0.29) is 5.97 Å². The molecule has 0 bridgehead atoms. The topological polar surface area (TPSA) is 38.3 Å². The van der Waals surface area contributed by atoms with Crippen molar-refractivity contribution in [2.75, 3.05) is 13.2 Å². The SMILES string of the molecule is CC.CCCOC(=O)CNC(C)C. The van der Waals surface area contributed by atoms with Gasteiger partial charge in [0, 0.05) is 6.04 Å². The molecule has 0 aromatic carbocycles. The highest BCUT2D eigenvalue weighted by molar-refractivity contribution is 5.71. The molecule has 0 heterocycles. The first-order valence-corrected chi connectivity index (χ1v) is 5.05. The molecule has 0 aliphatic rings. The normalized spacial score (nSPS) is 9.08. The molecular formula is C10H23NO2. The van der Waals surface area contributed by atoms with Gasteiger partial charge in [0.15, 0.2) is 0 Å². The zero-order valence-corrected chi connectivity index (χ0v) is 9.52. The molecule has 0 radical (unpaired) electrons. The van der Waals surface area contributed by atoms with Crippen LogP contribution >= 0.6 is 0 Å². The van der Waals surface area contributed by atoms with Gasteiger partial charge in [-0.05, 0) is 6.42 Å². The number of nitrogens with one attached hydrogen (secondary N) is 1. The summed E-state index contributed by atoms with van der Waals surface area (Å²) in [5, 5.41) is 2.98. The van der Waals surface area contributed by atoms with Crippen LogP contribution in [-0.4, -0.2) is 25.2 Å². The van der Waals surface area contributed by atoms with Gasteiger partial charge in [-0.15, -0.1) is 0 Å². The number of carbonyl (C=O) groups excluding carboxylic acids is 1. The summed E-state index contributed by atoms with van der Waals surface area (Å²) in [5.74, 6) is -0.166. The van der Waals surface area contributed by atoms with Gasteiger partial charge in [-0.1, -0.05) is 34.6 Å². The standard InChI is InChI=1S/C8H17NO2.C2H6/c1-4-5-11-8(10)6-9-7(2)3;1-2/h7,9H,4-6H2,1-3H3;1-2H3. The third-order valence-corrected chi connectivity index (χ3v) is 1.12. The smallest absolute Gasteiger partial charge is 0.319 e. The van der Waals surface area contributed by atoms with E-state index in [1.165, 1.54) is 0 Å². The van der Waals surface area contributed by atoms with Crippen molar-refractivity contribution in [1.29, 1.82) is 0 Å². The van der Waals surface area contributed by atoms with E-state index in [1.807, 2.05) is 34.6 Å². The van der Waals surface area contributed by atoms with Gasteiger partial charge in [0.25, 0.3) is 0 Å². The monoisotopic (exact) mass is 189 g/mol. The lowest BCUT2D eigenvalue weighted by Gasteiger charge is -2.06. The molecule has 0 aliphatic carbocycles. The fraction of sp³-hybridized carbons (Fsp3) is 0.900. The third-order valence-electron chi connectivity index (χ3n) is 1.12. The molecular weight excluding hydrogens is 166 g/mol. The highest BCUT2D eigenvalue weighted by Crippen LogP contribution is 1.82. The molecule has 0 saturated carbocycles. The molecule has 0 amide bonds. The summed E-state index contributed by atoms with van der Waals surface area (Å²) in [6, 6.07) is 0.337. The van der Waals surface area contributed by atoms with E-state index >= 15 is 0 Å². The Kier molecular flexibility index (Phi) is 13.1. The van der Waals surface area contributed by atoms with E-state index in [4.69, 9.17) is 4.74 Å². The van der Waals surface area contributed by atoms with Gasteiger partial charge in [0.1, 0.15) is 0 Å². The minimum Gasteiger partial charge on any atom is -0.465 e. The summed E-state index contributed by atoms with van der Waals surface area (Å²) in [5.41, 5.74) is 0. The molecule has 0 unspecified atom stereocenters. The zero-order chi connectivity index (χ0) is 10.7. The molecule has 80 valence electrons. The summed E-state index contributed by atoms with van der Waals surface area (Å²) in [7, 11) is 0. The largest absolute Gasteiger partial charge is 0.465 e. The predicted molar refractivity (Wildman–Crippen MR) is 55.7 cm³/mol. The van der Waals surface area contributed by atoms with Crippen molar-refractivity contribution >= 4 is 5.97 Å². The molecule has 0 fully saturated rings. The number of esters is 1. The van der Waals surface area contributed by atoms with Crippen molar-refractivity contribution in [3.05, 3.63) is 0 Å².